The van der Waals surface area contributed by atoms with Crippen LogP contribution in [0.3, 0.4) is 0 Å². The molecule has 30 heavy (non-hydrogen) atoms. The third-order valence-corrected chi connectivity index (χ3v) is 5.57. The van der Waals surface area contributed by atoms with E-state index in [1.807, 2.05) is 0 Å². The molecule has 0 unspecified atom stereocenters. The van der Waals surface area contributed by atoms with E-state index in [1.54, 1.807) is 29.6 Å². The molecular weight excluding hydrogens is 429 g/mol. The van der Waals surface area contributed by atoms with Gasteiger partial charge in [-0.05, 0) is 29.6 Å². The van der Waals surface area contributed by atoms with Gasteiger partial charge in [-0.1, -0.05) is 41.9 Å². The van der Waals surface area contributed by atoms with Gasteiger partial charge < -0.3 is 9.64 Å². The largest absolute Gasteiger partial charge is 0.452 e. The second kappa shape index (κ2) is 9.65. The number of carbonyl (C=O) groups excluding carboxylic acids is 3. The molecule has 0 saturated carbocycles. The van der Waals surface area contributed by atoms with Crippen LogP contribution in [-0.4, -0.2) is 36.2 Å². The maximum atomic E-state index is 13.9. The summed E-state index contributed by atoms with van der Waals surface area (Å²) in [5.74, 6) is -2.15. The standard InChI is InChI=1S/C22H17ClFNO4S/c1-25(12-16-17(23)8-4-9-18(16)24)20(26)13-29-22(28)15-7-3-2-6-14(15)21(27)19-10-5-11-30-19/h2-11H,12-13H2,1H3. The van der Waals surface area contributed by atoms with Crippen molar-refractivity contribution in [1.82, 2.24) is 4.90 Å². The Hall–Kier alpha value is -3.03. The van der Waals surface area contributed by atoms with E-state index in [4.69, 9.17) is 16.3 Å². The van der Waals surface area contributed by atoms with Gasteiger partial charge in [-0.15, -0.1) is 11.3 Å². The predicted molar refractivity (Wildman–Crippen MR) is 112 cm³/mol. The Morgan fingerprint density at radius 2 is 1.77 bits per heavy atom. The SMILES string of the molecule is CN(Cc1c(F)cccc1Cl)C(=O)COC(=O)c1ccccc1C(=O)c1cccs1. The summed E-state index contributed by atoms with van der Waals surface area (Å²) in [7, 11) is 1.45. The fourth-order valence-corrected chi connectivity index (χ4v) is 3.62. The number of halogens is 2. The van der Waals surface area contributed by atoms with Crippen LogP contribution in [0, 0.1) is 5.82 Å². The zero-order valence-electron chi connectivity index (χ0n) is 15.9. The van der Waals surface area contributed by atoms with Crippen molar-refractivity contribution >= 4 is 40.6 Å². The average molecular weight is 446 g/mol. The number of thiophene rings is 1. The summed E-state index contributed by atoms with van der Waals surface area (Å²) in [5.41, 5.74) is 0.445. The van der Waals surface area contributed by atoms with Crippen LogP contribution in [0.15, 0.2) is 60.0 Å². The Morgan fingerprint density at radius 3 is 2.43 bits per heavy atom. The van der Waals surface area contributed by atoms with Crippen molar-refractivity contribution in [2.75, 3.05) is 13.7 Å². The van der Waals surface area contributed by atoms with E-state index in [9.17, 15) is 18.8 Å². The Morgan fingerprint density at radius 1 is 1.03 bits per heavy atom. The van der Waals surface area contributed by atoms with Gasteiger partial charge in [0.1, 0.15) is 5.82 Å². The molecule has 1 aromatic heterocycles. The number of rotatable bonds is 7. The lowest BCUT2D eigenvalue weighted by atomic mass is 10.0. The average Bonchev–Trinajstić information content (AvgIpc) is 3.28. The molecule has 5 nitrogen and oxygen atoms in total. The molecule has 0 saturated heterocycles. The van der Waals surface area contributed by atoms with Crippen molar-refractivity contribution in [3.8, 4) is 0 Å². The van der Waals surface area contributed by atoms with Crippen LogP contribution in [0.5, 0.6) is 0 Å². The van der Waals surface area contributed by atoms with Crippen molar-refractivity contribution in [1.29, 1.82) is 0 Å². The summed E-state index contributed by atoms with van der Waals surface area (Å²) in [6, 6.07) is 13.9. The van der Waals surface area contributed by atoms with Gasteiger partial charge in [-0.2, -0.15) is 0 Å². The van der Waals surface area contributed by atoms with Crippen molar-refractivity contribution in [3.63, 3.8) is 0 Å². The first-order chi connectivity index (χ1) is 14.4. The first-order valence-corrected chi connectivity index (χ1v) is 10.2. The molecule has 0 atom stereocenters. The Kier molecular flexibility index (Phi) is 6.97. The maximum absolute atomic E-state index is 13.9. The van der Waals surface area contributed by atoms with Gasteiger partial charge in [-0.25, -0.2) is 9.18 Å². The highest BCUT2D eigenvalue weighted by Gasteiger charge is 2.21. The van der Waals surface area contributed by atoms with Gasteiger partial charge >= 0.3 is 5.97 Å². The van der Waals surface area contributed by atoms with Crippen LogP contribution in [0.2, 0.25) is 5.02 Å². The number of likely N-dealkylation sites (N-methyl/N-ethyl adjacent to an activating group) is 1. The number of ketones is 1. The predicted octanol–water partition coefficient (Wildman–Crippen LogP) is 4.59. The van der Waals surface area contributed by atoms with Crippen LogP contribution in [-0.2, 0) is 16.1 Å². The number of amides is 1. The summed E-state index contributed by atoms with van der Waals surface area (Å²) in [6.45, 7) is -0.627. The van der Waals surface area contributed by atoms with Gasteiger partial charge in [0.25, 0.3) is 5.91 Å². The zero-order valence-corrected chi connectivity index (χ0v) is 17.5. The van der Waals surface area contributed by atoms with Crippen molar-refractivity contribution < 1.29 is 23.5 Å². The van der Waals surface area contributed by atoms with Gasteiger partial charge in [0, 0.05) is 29.7 Å². The highest BCUT2D eigenvalue weighted by molar-refractivity contribution is 7.12. The first-order valence-electron chi connectivity index (χ1n) is 8.89. The van der Waals surface area contributed by atoms with Crippen molar-refractivity contribution in [2.45, 2.75) is 6.54 Å². The summed E-state index contributed by atoms with van der Waals surface area (Å²) in [4.78, 5) is 39.2. The van der Waals surface area contributed by atoms with E-state index >= 15 is 0 Å². The molecule has 0 aliphatic heterocycles. The topological polar surface area (TPSA) is 63.7 Å². The van der Waals surface area contributed by atoms with Crippen LogP contribution < -0.4 is 0 Å². The van der Waals surface area contributed by atoms with E-state index in [0.717, 1.165) is 0 Å². The van der Waals surface area contributed by atoms with Gasteiger partial charge in [-0.3, -0.25) is 9.59 Å². The lowest BCUT2D eigenvalue weighted by Gasteiger charge is -2.18. The van der Waals surface area contributed by atoms with Crippen LogP contribution in [0.4, 0.5) is 4.39 Å². The minimum absolute atomic E-state index is 0.0727. The number of hydrogen-bond donors (Lipinski definition) is 0. The van der Waals surface area contributed by atoms with Crippen LogP contribution in [0.1, 0.15) is 31.2 Å². The minimum atomic E-state index is -0.791. The van der Waals surface area contributed by atoms with Crippen molar-refractivity contribution in [3.05, 3.63) is 92.4 Å². The van der Waals surface area contributed by atoms with Gasteiger partial charge in [0.05, 0.1) is 10.4 Å². The van der Waals surface area contributed by atoms with E-state index in [-0.39, 0.29) is 34.0 Å². The molecule has 0 aliphatic rings. The summed E-state index contributed by atoms with van der Waals surface area (Å²) < 4.78 is 19.0. The Bertz CT molecular complexity index is 1060. The highest BCUT2D eigenvalue weighted by Crippen LogP contribution is 2.21. The normalized spacial score (nSPS) is 10.5. The van der Waals surface area contributed by atoms with Crippen LogP contribution >= 0.6 is 22.9 Å². The fourth-order valence-electron chi connectivity index (χ4n) is 2.72. The van der Waals surface area contributed by atoms with E-state index in [1.165, 1.54) is 53.6 Å². The molecule has 0 bridgehead atoms. The molecule has 3 aromatic rings. The second-order valence-electron chi connectivity index (χ2n) is 6.38. The van der Waals surface area contributed by atoms with E-state index in [0.29, 0.717) is 4.88 Å². The Balaban J connectivity index is 1.66. The third-order valence-electron chi connectivity index (χ3n) is 4.35. The number of hydrogen-bond acceptors (Lipinski definition) is 5. The molecule has 0 radical (unpaired) electrons. The van der Waals surface area contributed by atoms with Crippen molar-refractivity contribution in [2.24, 2.45) is 0 Å². The highest BCUT2D eigenvalue weighted by atomic mass is 35.5. The summed E-state index contributed by atoms with van der Waals surface area (Å²) >= 11 is 7.25. The summed E-state index contributed by atoms with van der Waals surface area (Å²) in [6.07, 6.45) is 0. The lowest BCUT2D eigenvalue weighted by Crippen LogP contribution is -2.31. The number of carbonyl (C=O) groups is 3. The van der Waals surface area contributed by atoms with E-state index < -0.39 is 24.3 Å². The fraction of sp³-hybridized carbons (Fsp3) is 0.136. The minimum Gasteiger partial charge on any atom is -0.452 e. The van der Waals surface area contributed by atoms with Gasteiger partial charge in [0.2, 0.25) is 5.78 Å². The molecule has 154 valence electrons. The molecule has 3 rings (SSSR count). The second-order valence-corrected chi connectivity index (χ2v) is 7.73. The summed E-state index contributed by atoms with van der Waals surface area (Å²) in [5, 5.41) is 1.97. The molecule has 0 N–H and O–H groups in total. The molecule has 0 aliphatic carbocycles. The monoisotopic (exact) mass is 445 g/mol. The lowest BCUT2D eigenvalue weighted by molar-refractivity contribution is -0.133. The van der Waals surface area contributed by atoms with Crippen LogP contribution in [0.25, 0.3) is 0 Å². The van der Waals surface area contributed by atoms with E-state index in [2.05, 4.69) is 0 Å². The number of ether oxygens (including phenoxy) is 1. The maximum Gasteiger partial charge on any atom is 0.339 e. The van der Waals surface area contributed by atoms with Gasteiger partial charge in [0.15, 0.2) is 6.61 Å². The molecule has 0 spiro atoms. The molecular formula is C22H17ClFNO4S. The first kappa shape index (κ1) is 21.7. The molecule has 8 heteroatoms. The molecule has 1 heterocycles. The third kappa shape index (κ3) is 4.93. The molecule has 0 fully saturated rings. The molecule has 2 aromatic carbocycles. The smallest absolute Gasteiger partial charge is 0.339 e. The number of benzene rings is 2. The number of esters is 1. The number of nitrogens with zero attached hydrogens (tertiary/aromatic N) is 1. The quantitative estimate of drug-likeness (QED) is 0.394. The zero-order chi connectivity index (χ0) is 21.7. The Labute approximate surface area is 181 Å². The molecule has 1 amide bonds.